The Hall–Kier alpha value is -4.83. The molecule has 1 aliphatic rings. The molecular formula is C34H33N3O4. The number of carbonyl (C=O) groups is 2. The van der Waals surface area contributed by atoms with Crippen molar-refractivity contribution in [3.63, 3.8) is 0 Å². The van der Waals surface area contributed by atoms with Crippen LogP contribution in [0.2, 0.25) is 0 Å². The molecule has 7 heteroatoms. The number of carbonyl (C=O) groups excluding carboxylic acids is 2. The number of piperazine rings is 1. The third kappa shape index (κ3) is 5.46. The van der Waals surface area contributed by atoms with Gasteiger partial charge in [0.15, 0.2) is 0 Å². The number of aryl methyl sites for hydroxylation is 1. The van der Waals surface area contributed by atoms with Crippen molar-refractivity contribution < 1.29 is 19.1 Å². The number of methoxy groups -OCH3 is 1. The molecule has 7 nitrogen and oxygen atoms in total. The Labute approximate surface area is 240 Å². The SMILES string of the molecule is COc1ccccc1C(c1cccc2ccccc12)C(C)(C#N)C(=O)N1CCN(C(=O)Oc2ccc(C)cc2)CC1. The summed E-state index contributed by atoms with van der Waals surface area (Å²) in [5.74, 6) is 0.205. The summed E-state index contributed by atoms with van der Waals surface area (Å²) in [6, 6.07) is 31.2. The number of hydrogen-bond donors (Lipinski definition) is 0. The lowest BCUT2D eigenvalue weighted by Crippen LogP contribution is -2.55. The molecule has 1 fully saturated rings. The molecule has 2 amide bonds. The monoisotopic (exact) mass is 547 g/mol. The lowest BCUT2D eigenvalue weighted by molar-refractivity contribution is -0.140. The fourth-order valence-corrected chi connectivity index (χ4v) is 5.62. The van der Waals surface area contributed by atoms with E-state index in [0.717, 1.165) is 27.5 Å². The topological polar surface area (TPSA) is 82.9 Å². The van der Waals surface area contributed by atoms with Crippen LogP contribution in [0.4, 0.5) is 4.79 Å². The van der Waals surface area contributed by atoms with E-state index in [0.29, 0.717) is 37.7 Å². The summed E-state index contributed by atoms with van der Waals surface area (Å²) in [5.41, 5.74) is 1.27. The third-order valence-electron chi connectivity index (χ3n) is 7.89. The summed E-state index contributed by atoms with van der Waals surface area (Å²) < 4.78 is 11.3. The van der Waals surface area contributed by atoms with Gasteiger partial charge in [0, 0.05) is 37.7 Å². The van der Waals surface area contributed by atoms with Crippen molar-refractivity contribution in [2.24, 2.45) is 5.41 Å². The largest absolute Gasteiger partial charge is 0.496 e. The first-order valence-corrected chi connectivity index (χ1v) is 13.7. The molecule has 0 aromatic heterocycles. The van der Waals surface area contributed by atoms with Crippen LogP contribution in [-0.4, -0.2) is 55.1 Å². The maximum atomic E-state index is 14.3. The average Bonchev–Trinajstić information content (AvgIpc) is 3.02. The second-order valence-electron chi connectivity index (χ2n) is 10.5. The van der Waals surface area contributed by atoms with E-state index in [4.69, 9.17) is 9.47 Å². The third-order valence-corrected chi connectivity index (χ3v) is 7.89. The molecule has 208 valence electrons. The summed E-state index contributed by atoms with van der Waals surface area (Å²) in [6.45, 7) is 4.90. The Morgan fingerprint density at radius 2 is 1.44 bits per heavy atom. The van der Waals surface area contributed by atoms with Gasteiger partial charge in [-0.3, -0.25) is 4.79 Å². The van der Waals surface area contributed by atoms with E-state index in [1.54, 1.807) is 36.0 Å². The highest BCUT2D eigenvalue weighted by Gasteiger charge is 2.48. The van der Waals surface area contributed by atoms with Gasteiger partial charge in [-0.25, -0.2) is 4.79 Å². The standard InChI is InChI=1S/C34H33N3O4/c1-24-15-17-26(18-16-24)41-33(39)37-21-19-36(20-22-37)32(38)34(2,23-35)31(29-12-6-7-14-30(29)40-3)28-13-8-10-25-9-4-5-11-27(25)28/h4-18,31H,19-22H2,1-3H3. The summed E-state index contributed by atoms with van der Waals surface area (Å²) >= 11 is 0. The van der Waals surface area contributed by atoms with Crippen molar-refractivity contribution in [1.29, 1.82) is 5.26 Å². The van der Waals surface area contributed by atoms with Gasteiger partial charge in [0.05, 0.1) is 13.2 Å². The summed E-state index contributed by atoms with van der Waals surface area (Å²) in [5, 5.41) is 12.7. The molecule has 0 saturated carbocycles. The second kappa shape index (κ2) is 11.7. The number of amides is 2. The lowest BCUT2D eigenvalue weighted by atomic mass is 9.68. The van der Waals surface area contributed by atoms with Gasteiger partial charge < -0.3 is 19.3 Å². The number of rotatable bonds is 6. The maximum Gasteiger partial charge on any atom is 0.415 e. The fraction of sp³-hybridized carbons (Fsp3) is 0.265. The molecule has 0 N–H and O–H groups in total. The van der Waals surface area contributed by atoms with Gasteiger partial charge in [-0.15, -0.1) is 0 Å². The first kappa shape index (κ1) is 27.7. The Bertz CT molecular complexity index is 1600. The van der Waals surface area contributed by atoms with Crippen LogP contribution < -0.4 is 9.47 Å². The Morgan fingerprint density at radius 1 is 0.829 bits per heavy atom. The van der Waals surface area contributed by atoms with E-state index in [1.807, 2.05) is 85.8 Å². The molecule has 0 aliphatic carbocycles. The Morgan fingerprint density at radius 3 is 2.15 bits per heavy atom. The van der Waals surface area contributed by atoms with Gasteiger partial charge >= 0.3 is 6.09 Å². The van der Waals surface area contributed by atoms with Crippen molar-refractivity contribution in [2.45, 2.75) is 19.8 Å². The van der Waals surface area contributed by atoms with Gasteiger partial charge in [-0.2, -0.15) is 5.26 Å². The highest BCUT2D eigenvalue weighted by molar-refractivity contribution is 5.91. The molecule has 1 aliphatic heterocycles. The van der Waals surface area contributed by atoms with Crippen LogP contribution in [0.15, 0.2) is 91.0 Å². The van der Waals surface area contributed by atoms with Crippen LogP contribution >= 0.6 is 0 Å². The predicted octanol–water partition coefficient (Wildman–Crippen LogP) is 6.16. The minimum atomic E-state index is -1.46. The van der Waals surface area contributed by atoms with Crippen LogP contribution in [0.5, 0.6) is 11.5 Å². The Balaban J connectivity index is 1.44. The molecule has 2 atom stereocenters. The number of benzene rings is 4. The van der Waals surface area contributed by atoms with Crippen LogP contribution in [0.1, 0.15) is 29.5 Å². The van der Waals surface area contributed by atoms with Gasteiger partial charge in [-0.05, 0) is 48.4 Å². The molecule has 41 heavy (non-hydrogen) atoms. The van der Waals surface area contributed by atoms with E-state index in [1.165, 1.54) is 0 Å². The molecule has 5 rings (SSSR count). The van der Waals surface area contributed by atoms with Crippen LogP contribution in [-0.2, 0) is 4.79 Å². The van der Waals surface area contributed by atoms with Gasteiger partial charge in [0.2, 0.25) is 5.91 Å². The van der Waals surface area contributed by atoms with Crippen LogP contribution in [0.25, 0.3) is 10.8 Å². The highest BCUT2D eigenvalue weighted by atomic mass is 16.6. The van der Waals surface area contributed by atoms with Crippen molar-refractivity contribution >= 4 is 22.8 Å². The van der Waals surface area contributed by atoms with E-state index < -0.39 is 17.4 Å². The minimum absolute atomic E-state index is 0.282. The Kier molecular flexibility index (Phi) is 7.93. The average molecular weight is 548 g/mol. The first-order chi connectivity index (χ1) is 19.9. The molecule has 4 aromatic carbocycles. The highest BCUT2D eigenvalue weighted by Crippen LogP contribution is 2.47. The summed E-state index contributed by atoms with van der Waals surface area (Å²) in [4.78, 5) is 30.4. The van der Waals surface area contributed by atoms with Crippen LogP contribution in [0, 0.1) is 23.7 Å². The number of nitriles is 1. The van der Waals surface area contributed by atoms with Gasteiger partial charge in [-0.1, -0.05) is 78.4 Å². The van der Waals surface area contributed by atoms with Gasteiger partial charge in [0.25, 0.3) is 0 Å². The molecule has 4 aromatic rings. The number of hydrogen-bond acceptors (Lipinski definition) is 5. The number of ether oxygens (including phenoxy) is 2. The molecule has 1 heterocycles. The van der Waals surface area contributed by atoms with Crippen molar-refractivity contribution in [3.05, 3.63) is 108 Å². The fourth-order valence-electron chi connectivity index (χ4n) is 5.62. The number of para-hydroxylation sites is 1. The number of nitrogens with zero attached hydrogens (tertiary/aromatic N) is 3. The molecule has 0 radical (unpaired) electrons. The normalized spacial score (nSPS) is 15.5. The minimum Gasteiger partial charge on any atom is -0.496 e. The van der Waals surface area contributed by atoms with Crippen molar-refractivity contribution in [3.8, 4) is 17.6 Å². The zero-order valence-electron chi connectivity index (χ0n) is 23.5. The first-order valence-electron chi connectivity index (χ1n) is 13.7. The molecule has 0 bridgehead atoms. The van der Waals surface area contributed by atoms with E-state index in [2.05, 4.69) is 6.07 Å². The quantitative estimate of drug-likeness (QED) is 0.289. The molecular weight excluding hydrogens is 514 g/mol. The van der Waals surface area contributed by atoms with Crippen molar-refractivity contribution in [2.75, 3.05) is 33.3 Å². The lowest BCUT2D eigenvalue weighted by Gasteiger charge is -2.40. The van der Waals surface area contributed by atoms with Gasteiger partial charge in [0.1, 0.15) is 16.9 Å². The molecule has 2 unspecified atom stereocenters. The zero-order chi connectivity index (χ0) is 29.0. The summed E-state index contributed by atoms with van der Waals surface area (Å²) in [6.07, 6.45) is -0.452. The predicted molar refractivity (Wildman–Crippen MR) is 158 cm³/mol. The van der Waals surface area contributed by atoms with E-state index in [9.17, 15) is 14.9 Å². The van der Waals surface area contributed by atoms with E-state index >= 15 is 0 Å². The smallest absolute Gasteiger partial charge is 0.415 e. The van der Waals surface area contributed by atoms with E-state index in [-0.39, 0.29) is 5.91 Å². The molecule has 0 spiro atoms. The zero-order valence-corrected chi connectivity index (χ0v) is 23.5. The van der Waals surface area contributed by atoms with Crippen molar-refractivity contribution in [1.82, 2.24) is 9.80 Å². The summed E-state index contributed by atoms with van der Waals surface area (Å²) in [7, 11) is 1.60. The maximum absolute atomic E-state index is 14.3. The van der Waals surface area contributed by atoms with Crippen LogP contribution in [0.3, 0.4) is 0 Å². The number of fused-ring (bicyclic) bond motifs is 1. The second-order valence-corrected chi connectivity index (χ2v) is 10.5. The molecule has 1 saturated heterocycles.